The summed E-state index contributed by atoms with van der Waals surface area (Å²) in [5, 5.41) is 3.81. The SMILES string of the molecule is O=S(=O)(Cl)CCn1cccn1. The van der Waals surface area contributed by atoms with Crippen LogP contribution in [0, 0.1) is 0 Å². The molecule has 11 heavy (non-hydrogen) atoms. The molecule has 0 radical (unpaired) electrons. The van der Waals surface area contributed by atoms with Gasteiger partial charge in [0.25, 0.3) is 0 Å². The highest BCUT2D eigenvalue weighted by Crippen LogP contribution is 1.97. The van der Waals surface area contributed by atoms with Crippen LogP contribution in [0.1, 0.15) is 0 Å². The highest BCUT2D eigenvalue weighted by atomic mass is 35.7. The van der Waals surface area contributed by atoms with E-state index in [-0.39, 0.29) is 5.75 Å². The van der Waals surface area contributed by atoms with E-state index in [1.165, 1.54) is 4.68 Å². The van der Waals surface area contributed by atoms with Crippen molar-refractivity contribution in [1.82, 2.24) is 9.78 Å². The third-order valence-electron chi connectivity index (χ3n) is 1.12. The summed E-state index contributed by atoms with van der Waals surface area (Å²) in [6.45, 7) is 0.304. The van der Waals surface area contributed by atoms with Crippen LogP contribution in [-0.2, 0) is 15.6 Å². The molecule has 62 valence electrons. The smallest absolute Gasteiger partial charge is 0.234 e. The van der Waals surface area contributed by atoms with E-state index in [9.17, 15) is 8.42 Å². The molecular formula is C5H7ClN2O2S. The predicted molar refractivity (Wildman–Crippen MR) is 41.9 cm³/mol. The van der Waals surface area contributed by atoms with E-state index in [0.717, 1.165) is 0 Å². The summed E-state index contributed by atoms with van der Waals surface area (Å²) in [6.07, 6.45) is 3.27. The highest BCUT2D eigenvalue weighted by Gasteiger charge is 2.04. The number of halogens is 1. The lowest BCUT2D eigenvalue weighted by Gasteiger charge is -1.96. The van der Waals surface area contributed by atoms with Gasteiger partial charge in [-0.1, -0.05) is 0 Å². The third-order valence-corrected chi connectivity index (χ3v) is 2.26. The summed E-state index contributed by atoms with van der Waals surface area (Å²) in [6, 6.07) is 1.72. The number of rotatable bonds is 3. The second kappa shape index (κ2) is 3.23. The Morgan fingerprint density at radius 3 is 2.73 bits per heavy atom. The number of aryl methyl sites for hydroxylation is 1. The van der Waals surface area contributed by atoms with Crippen LogP contribution in [0.15, 0.2) is 18.5 Å². The predicted octanol–water partition coefficient (Wildman–Crippen LogP) is 0.452. The number of aromatic nitrogens is 2. The topological polar surface area (TPSA) is 52.0 Å². The van der Waals surface area contributed by atoms with E-state index in [1.54, 1.807) is 18.5 Å². The Morgan fingerprint density at radius 2 is 2.27 bits per heavy atom. The number of hydrogen-bond acceptors (Lipinski definition) is 3. The van der Waals surface area contributed by atoms with Gasteiger partial charge in [-0.2, -0.15) is 5.10 Å². The maximum Gasteiger partial charge on any atom is 0.234 e. The van der Waals surface area contributed by atoms with Crippen molar-refractivity contribution >= 4 is 19.7 Å². The summed E-state index contributed by atoms with van der Waals surface area (Å²) in [5.41, 5.74) is 0. The second-order valence-electron chi connectivity index (χ2n) is 2.01. The fourth-order valence-electron chi connectivity index (χ4n) is 0.635. The Hall–Kier alpha value is -0.550. The molecule has 0 unspecified atom stereocenters. The van der Waals surface area contributed by atoms with E-state index >= 15 is 0 Å². The summed E-state index contributed by atoms with van der Waals surface area (Å²) in [5.74, 6) is -0.0871. The minimum atomic E-state index is -3.39. The van der Waals surface area contributed by atoms with Gasteiger partial charge in [0.1, 0.15) is 0 Å². The van der Waals surface area contributed by atoms with Gasteiger partial charge in [-0.15, -0.1) is 0 Å². The largest absolute Gasteiger partial charge is 0.272 e. The molecule has 1 rings (SSSR count). The van der Waals surface area contributed by atoms with Crippen molar-refractivity contribution in [2.24, 2.45) is 0 Å². The summed E-state index contributed by atoms with van der Waals surface area (Å²) < 4.78 is 22.4. The fraction of sp³-hybridized carbons (Fsp3) is 0.400. The van der Waals surface area contributed by atoms with Gasteiger partial charge < -0.3 is 0 Å². The van der Waals surface area contributed by atoms with E-state index in [2.05, 4.69) is 5.10 Å². The normalized spacial score (nSPS) is 11.7. The van der Waals surface area contributed by atoms with Gasteiger partial charge in [-0.05, 0) is 6.07 Å². The zero-order chi connectivity index (χ0) is 8.32. The Morgan fingerprint density at radius 1 is 1.55 bits per heavy atom. The molecule has 0 aliphatic heterocycles. The monoisotopic (exact) mass is 194 g/mol. The summed E-state index contributed by atoms with van der Waals surface area (Å²) >= 11 is 0. The quantitative estimate of drug-likeness (QED) is 0.657. The molecule has 1 aromatic rings. The Balaban J connectivity index is 2.48. The molecule has 0 aromatic carbocycles. The molecule has 0 aliphatic rings. The highest BCUT2D eigenvalue weighted by molar-refractivity contribution is 8.13. The molecule has 0 saturated carbocycles. The first-order valence-corrected chi connectivity index (χ1v) is 5.45. The van der Waals surface area contributed by atoms with Gasteiger partial charge in [-0.25, -0.2) is 8.42 Å². The summed E-state index contributed by atoms with van der Waals surface area (Å²) in [4.78, 5) is 0. The van der Waals surface area contributed by atoms with Gasteiger partial charge in [0.2, 0.25) is 9.05 Å². The number of nitrogens with zero attached hydrogens (tertiary/aromatic N) is 2. The van der Waals surface area contributed by atoms with Gasteiger partial charge in [0.05, 0.1) is 12.3 Å². The molecule has 0 saturated heterocycles. The Labute approximate surface area is 69.2 Å². The molecule has 1 heterocycles. The third kappa shape index (κ3) is 3.38. The molecule has 0 aliphatic carbocycles. The minimum Gasteiger partial charge on any atom is -0.272 e. The van der Waals surface area contributed by atoms with Gasteiger partial charge >= 0.3 is 0 Å². The van der Waals surface area contributed by atoms with Crippen molar-refractivity contribution in [3.63, 3.8) is 0 Å². The Bertz CT molecular complexity index is 305. The van der Waals surface area contributed by atoms with Gasteiger partial charge in [-0.3, -0.25) is 4.68 Å². The standard InChI is InChI=1S/C5H7ClN2O2S/c6-11(9,10)5-4-8-3-1-2-7-8/h1-3H,4-5H2. The van der Waals surface area contributed by atoms with Gasteiger partial charge in [0.15, 0.2) is 0 Å². The van der Waals surface area contributed by atoms with E-state index in [4.69, 9.17) is 10.7 Å². The molecule has 0 atom stereocenters. The van der Waals surface area contributed by atoms with Crippen LogP contribution in [0.5, 0.6) is 0 Å². The van der Waals surface area contributed by atoms with Crippen LogP contribution in [0.2, 0.25) is 0 Å². The van der Waals surface area contributed by atoms with Crippen LogP contribution in [-0.4, -0.2) is 24.0 Å². The molecule has 0 N–H and O–H groups in total. The molecule has 0 amide bonds. The molecule has 0 bridgehead atoms. The Kier molecular flexibility index (Phi) is 2.51. The van der Waals surface area contributed by atoms with Crippen LogP contribution in [0.3, 0.4) is 0 Å². The first kappa shape index (κ1) is 8.55. The fourth-order valence-corrected chi connectivity index (χ4v) is 1.25. The molecular weight excluding hydrogens is 188 g/mol. The zero-order valence-electron chi connectivity index (χ0n) is 5.64. The molecule has 0 fully saturated rings. The van der Waals surface area contributed by atoms with Crippen molar-refractivity contribution in [1.29, 1.82) is 0 Å². The maximum absolute atomic E-state index is 10.5. The molecule has 4 nitrogen and oxygen atoms in total. The number of hydrogen-bond donors (Lipinski definition) is 0. The van der Waals surface area contributed by atoms with E-state index < -0.39 is 9.05 Å². The zero-order valence-corrected chi connectivity index (χ0v) is 7.22. The first-order valence-electron chi connectivity index (χ1n) is 2.98. The summed E-state index contributed by atoms with van der Waals surface area (Å²) in [7, 11) is 1.59. The van der Waals surface area contributed by atoms with Crippen molar-refractivity contribution < 1.29 is 8.42 Å². The van der Waals surface area contributed by atoms with Crippen LogP contribution in [0.25, 0.3) is 0 Å². The van der Waals surface area contributed by atoms with Crippen LogP contribution < -0.4 is 0 Å². The lowest BCUT2D eigenvalue weighted by molar-refractivity contribution is 0.593. The first-order chi connectivity index (χ1) is 5.08. The van der Waals surface area contributed by atoms with Crippen molar-refractivity contribution in [2.75, 3.05) is 5.75 Å². The van der Waals surface area contributed by atoms with Crippen LogP contribution in [0.4, 0.5) is 0 Å². The lowest BCUT2D eigenvalue weighted by atomic mass is 10.7. The van der Waals surface area contributed by atoms with Gasteiger partial charge in [0, 0.05) is 23.1 Å². The molecule has 1 aromatic heterocycles. The van der Waals surface area contributed by atoms with Crippen molar-refractivity contribution in [3.8, 4) is 0 Å². The van der Waals surface area contributed by atoms with Crippen molar-refractivity contribution in [2.45, 2.75) is 6.54 Å². The second-order valence-corrected chi connectivity index (χ2v) is 4.91. The minimum absolute atomic E-state index is 0.0871. The average Bonchev–Trinajstić information content (AvgIpc) is 2.32. The maximum atomic E-state index is 10.5. The average molecular weight is 195 g/mol. The van der Waals surface area contributed by atoms with Crippen LogP contribution >= 0.6 is 10.7 Å². The molecule has 0 spiro atoms. The van der Waals surface area contributed by atoms with E-state index in [0.29, 0.717) is 6.54 Å². The van der Waals surface area contributed by atoms with E-state index in [1.807, 2.05) is 0 Å². The van der Waals surface area contributed by atoms with Crippen molar-refractivity contribution in [3.05, 3.63) is 18.5 Å². The molecule has 6 heteroatoms. The lowest BCUT2D eigenvalue weighted by Crippen LogP contribution is -2.07.